The number of anilines is 1. The fourth-order valence-corrected chi connectivity index (χ4v) is 5.13. The van der Waals surface area contributed by atoms with Gasteiger partial charge in [-0.2, -0.15) is 0 Å². The summed E-state index contributed by atoms with van der Waals surface area (Å²) in [5, 5.41) is 5.60. The number of esters is 1. The van der Waals surface area contributed by atoms with Gasteiger partial charge in [-0.1, -0.05) is 39.8 Å². The van der Waals surface area contributed by atoms with Gasteiger partial charge in [0.15, 0.2) is 11.8 Å². The second kappa shape index (κ2) is 10.7. The van der Waals surface area contributed by atoms with Crippen molar-refractivity contribution < 1.29 is 19.1 Å². The molecular formula is C26H26BrN3O4S. The number of hydrogen-bond donors (Lipinski definition) is 1. The number of carbonyl (C=O) groups excluding carboxylic acids is 2. The Morgan fingerprint density at radius 2 is 2.00 bits per heavy atom. The van der Waals surface area contributed by atoms with Crippen molar-refractivity contribution in [2.75, 3.05) is 18.5 Å². The molecule has 35 heavy (non-hydrogen) atoms. The number of halogens is 1. The highest BCUT2D eigenvalue weighted by Crippen LogP contribution is 2.44. The predicted octanol–water partition coefficient (Wildman–Crippen LogP) is 5.85. The average Bonchev–Trinajstić information content (AvgIpc) is 3.28. The molecule has 0 fully saturated rings. The van der Waals surface area contributed by atoms with Crippen molar-refractivity contribution in [1.29, 1.82) is 0 Å². The van der Waals surface area contributed by atoms with Crippen molar-refractivity contribution in [3.05, 3.63) is 80.4 Å². The third kappa shape index (κ3) is 5.31. The summed E-state index contributed by atoms with van der Waals surface area (Å²) in [5.41, 5.74) is 4.61. The molecule has 182 valence electrons. The minimum Gasteiger partial charge on any atom is -0.483 e. The molecule has 2 aliphatic heterocycles. The maximum Gasteiger partial charge on any atom is 0.338 e. The van der Waals surface area contributed by atoms with Gasteiger partial charge in [-0.25, -0.2) is 9.79 Å². The number of allylic oxidation sites excluding steroid dienone is 1. The van der Waals surface area contributed by atoms with E-state index in [9.17, 15) is 9.59 Å². The normalized spacial score (nSPS) is 16.7. The number of aliphatic imine (C=N–C) groups is 1. The third-order valence-corrected chi connectivity index (χ3v) is 7.08. The number of benzene rings is 2. The van der Waals surface area contributed by atoms with E-state index in [4.69, 9.17) is 9.47 Å². The van der Waals surface area contributed by atoms with Gasteiger partial charge in [-0.3, -0.25) is 4.79 Å². The van der Waals surface area contributed by atoms with Crippen LogP contribution in [0.2, 0.25) is 0 Å². The van der Waals surface area contributed by atoms with Gasteiger partial charge in [0.05, 0.1) is 23.9 Å². The summed E-state index contributed by atoms with van der Waals surface area (Å²) in [6, 6.07) is 10.8. The number of ether oxygens (including phenoxy) is 2. The number of nitrogens with zero attached hydrogens (tertiary/aromatic N) is 2. The molecule has 0 aromatic heterocycles. The molecule has 0 bridgehead atoms. The molecule has 0 aliphatic carbocycles. The second-order valence-corrected chi connectivity index (χ2v) is 9.88. The summed E-state index contributed by atoms with van der Waals surface area (Å²) in [4.78, 5) is 32.2. The van der Waals surface area contributed by atoms with E-state index >= 15 is 0 Å². The van der Waals surface area contributed by atoms with E-state index in [0.29, 0.717) is 17.0 Å². The molecule has 0 unspecified atom stereocenters. The molecular weight excluding hydrogens is 530 g/mol. The van der Waals surface area contributed by atoms with E-state index in [0.717, 1.165) is 32.0 Å². The van der Waals surface area contributed by atoms with Crippen LogP contribution in [0.1, 0.15) is 36.6 Å². The summed E-state index contributed by atoms with van der Waals surface area (Å²) in [7, 11) is 0. The molecule has 9 heteroatoms. The summed E-state index contributed by atoms with van der Waals surface area (Å²) in [5.74, 6) is -0.204. The van der Waals surface area contributed by atoms with Crippen molar-refractivity contribution >= 4 is 50.4 Å². The number of rotatable bonds is 7. The van der Waals surface area contributed by atoms with Gasteiger partial charge >= 0.3 is 5.97 Å². The lowest BCUT2D eigenvalue weighted by Crippen LogP contribution is -2.34. The molecule has 1 atom stereocenters. The summed E-state index contributed by atoms with van der Waals surface area (Å²) >= 11 is 5.02. The SMILES string of the molecule is CCOC(=O)C1=C(C)N=C2SC=CN2[C@H]1c1cc(Br)ccc1OCC(=O)Nc1cccc(C)c1C. The molecule has 2 aromatic rings. The highest BCUT2D eigenvalue weighted by Gasteiger charge is 2.39. The average molecular weight is 556 g/mol. The number of amides is 1. The van der Waals surface area contributed by atoms with Gasteiger partial charge in [0.1, 0.15) is 5.75 Å². The van der Waals surface area contributed by atoms with Gasteiger partial charge in [0, 0.05) is 21.9 Å². The fraction of sp³-hybridized carbons (Fsp3) is 0.269. The van der Waals surface area contributed by atoms with E-state index in [1.54, 1.807) is 19.9 Å². The maximum absolute atomic E-state index is 13.0. The van der Waals surface area contributed by atoms with E-state index in [1.165, 1.54) is 11.8 Å². The monoisotopic (exact) mass is 555 g/mol. The third-order valence-electron chi connectivity index (χ3n) is 5.82. The Kier molecular flexibility index (Phi) is 7.66. The van der Waals surface area contributed by atoms with Crippen LogP contribution in [0.4, 0.5) is 5.69 Å². The first-order chi connectivity index (χ1) is 16.8. The number of carbonyl (C=O) groups is 2. The lowest BCUT2D eigenvalue weighted by atomic mass is 9.94. The Morgan fingerprint density at radius 3 is 2.77 bits per heavy atom. The Balaban J connectivity index is 1.64. The lowest BCUT2D eigenvalue weighted by Gasteiger charge is -2.34. The van der Waals surface area contributed by atoms with E-state index in [1.807, 2.05) is 60.7 Å². The van der Waals surface area contributed by atoms with E-state index in [2.05, 4.69) is 26.2 Å². The molecule has 1 N–H and O–H groups in total. The molecule has 2 aliphatic rings. The zero-order valence-corrected chi connectivity index (χ0v) is 22.3. The van der Waals surface area contributed by atoms with Gasteiger partial charge in [-0.15, -0.1) is 0 Å². The van der Waals surface area contributed by atoms with Gasteiger partial charge in [0.2, 0.25) is 0 Å². The van der Waals surface area contributed by atoms with E-state index in [-0.39, 0.29) is 19.1 Å². The van der Waals surface area contributed by atoms with Crippen LogP contribution in [-0.4, -0.2) is 35.2 Å². The topological polar surface area (TPSA) is 80.2 Å². The predicted molar refractivity (Wildman–Crippen MR) is 142 cm³/mol. The van der Waals surface area contributed by atoms with Crippen LogP contribution < -0.4 is 10.1 Å². The van der Waals surface area contributed by atoms with Gasteiger partial charge < -0.3 is 19.7 Å². The molecule has 1 amide bonds. The number of amidine groups is 1. The Hall–Kier alpha value is -3.04. The van der Waals surface area contributed by atoms with Crippen LogP contribution in [0.25, 0.3) is 0 Å². The highest BCUT2D eigenvalue weighted by atomic mass is 79.9. The van der Waals surface area contributed by atoms with Crippen molar-refractivity contribution in [3.63, 3.8) is 0 Å². The van der Waals surface area contributed by atoms with Crippen LogP contribution >= 0.6 is 27.7 Å². The zero-order valence-electron chi connectivity index (χ0n) is 19.9. The van der Waals surface area contributed by atoms with Crippen LogP contribution in [0.5, 0.6) is 5.75 Å². The maximum atomic E-state index is 13.0. The highest BCUT2D eigenvalue weighted by molar-refractivity contribution is 9.10. The first-order valence-corrected chi connectivity index (χ1v) is 12.8. The quantitative estimate of drug-likeness (QED) is 0.431. The summed E-state index contributed by atoms with van der Waals surface area (Å²) < 4.78 is 12.2. The Morgan fingerprint density at radius 1 is 1.20 bits per heavy atom. The number of hydrogen-bond acceptors (Lipinski definition) is 7. The number of thioether (sulfide) groups is 1. The second-order valence-electron chi connectivity index (χ2n) is 8.09. The number of fused-ring (bicyclic) bond motifs is 1. The van der Waals surface area contributed by atoms with Crippen LogP contribution in [0.3, 0.4) is 0 Å². The minimum absolute atomic E-state index is 0.183. The van der Waals surface area contributed by atoms with Crippen molar-refractivity contribution in [2.45, 2.75) is 33.7 Å². The molecule has 0 radical (unpaired) electrons. The molecule has 2 aromatic carbocycles. The Bertz CT molecular complexity index is 1270. The largest absolute Gasteiger partial charge is 0.483 e. The molecule has 0 saturated carbocycles. The molecule has 7 nitrogen and oxygen atoms in total. The first kappa shape index (κ1) is 25.1. The number of nitrogens with one attached hydrogen (secondary N) is 1. The molecule has 2 heterocycles. The summed E-state index contributed by atoms with van der Waals surface area (Å²) in [6.45, 7) is 7.61. The van der Waals surface area contributed by atoms with Crippen molar-refractivity contribution in [3.8, 4) is 5.75 Å². The van der Waals surface area contributed by atoms with Crippen LogP contribution in [-0.2, 0) is 14.3 Å². The lowest BCUT2D eigenvalue weighted by molar-refractivity contribution is -0.139. The van der Waals surface area contributed by atoms with Crippen LogP contribution in [0.15, 0.2) is 68.7 Å². The number of aryl methyl sites for hydroxylation is 1. The van der Waals surface area contributed by atoms with Gasteiger partial charge in [-0.05, 0) is 68.5 Å². The van der Waals surface area contributed by atoms with E-state index < -0.39 is 12.0 Å². The molecule has 0 saturated heterocycles. The first-order valence-electron chi connectivity index (χ1n) is 11.2. The van der Waals surface area contributed by atoms with Gasteiger partial charge in [0.25, 0.3) is 5.91 Å². The minimum atomic E-state index is -0.512. The molecule has 0 spiro atoms. The fourth-order valence-electron chi connectivity index (χ4n) is 3.96. The van der Waals surface area contributed by atoms with Crippen molar-refractivity contribution in [1.82, 2.24) is 4.90 Å². The smallest absolute Gasteiger partial charge is 0.338 e. The summed E-state index contributed by atoms with van der Waals surface area (Å²) in [6.07, 6.45) is 1.89. The van der Waals surface area contributed by atoms with Crippen LogP contribution in [0, 0.1) is 13.8 Å². The molecule has 4 rings (SSSR count). The zero-order chi connectivity index (χ0) is 25.1. The standard InChI is InChI=1S/C26H26BrN3O4S/c1-5-33-25(32)23-17(4)28-26-30(11-12-35-26)24(23)19-13-18(27)9-10-21(19)34-14-22(31)29-20-8-6-7-15(2)16(20)3/h6-13,24H,5,14H2,1-4H3,(H,29,31)/t24-/m0/s1. The Labute approximate surface area is 217 Å². The van der Waals surface area contributed by atoms with Crippen molar-refractivity contribution in [2.24, 2.45) is 4.99 Å².